The summed E-state index contributed by atoms with van der Waals surface area (Å²) in [6.45, 7) is 1.12. The van der Waals surface area contributed by atoms with Crippen LogP contribution >= 0.6 is 0 Å². The third-order valence-corrected chi connectivity index (χ3v) is 3.74. The number of carbonyl (C=O) groups is 1. The average Bonchev–Trinajstić information content (AvgIpc) is 2.63. The van der Waals surface area contributed by atoms with E-state index >= 15 is 0 Å². The molecular formula is C19H23FN2O3. The van der Waals surface area contributed by atoms with Crippen molar-refractivity contribution in [3.8, 4) is 11.5 Å². The third-order valence-electron chi connectivity index (χ3n) is 3.74. The number of benzene rings is 2. The van der Waals surface area contributed by atoms with E-state index in [-0.39, 0.29) is 11.7 Å². The van der Waals surface area contributed by atoms with Gasteiger partial charge in [0.15, 0.2) is 0 Å². The van der Waals surface area contributed by atoms with Crippen molar-refractivity contribution in [1.29, 1.82) is 0 Å². The highest BCUT2D eigenvalue weighted by Crippen LogP contribution is 2.28. The summed E-state index contributed by atoms with van der Waals surface area (Å²) in [6, 6.07) is 11.9. The van der Waals surface area contributed by atoms with Crippen LogP contribution in [-0.4, -0.2) is 33.2 Å². The molecule has 0 aliphatic rings. The maximum Gasteiger partial charge on any atom is 0.225 e. The lowest BCUT2D eigenvalue weighted by molar-refractivity contribution is -0.116. The van der Waals surface area contributed by atoms with Crippen LogP contribution in [0.3, 0.4) is 0 Å². The standard InChI is InChI=1S/C19H23FN2O3/c1-24-15-7-8-17(18(13-15)25-2)22-19(23)10-12-21-11-9-14-5-3-4-6-16(14)20/h3-8,13,21H,9-12H2,1-2H3,(H,22,23). The van der Waals surface area contributed by atoms with Gasteiger partial charge in [0.05, 0.1) is 19.9 Å². The van der Waals surface area contributed by atoms with Crippen molar-refractivity contribution in [3.63, 3.8) is 0 Å². The molecule has 0 heterocycles. The van der Waals surface area contributed by atoms with Gasteiger partial charge in [0.25, 0.3) is 0 Å². The molecule has 5 nitrogen and oxygen atoms in total. The fourth-order valence-electron chi connectivity index (χ4n) is 2.37. The molecule has 0 aliphatic heterocycles. The van der Waals surface area contributed by atoms with Crippen molar-refractivity contribution in [3.05, 3.63) is 53.8 Å². The average molecular weight is 346 g/mol. The second kappa shape index (κ2) is 9.64. The van der Waals surface area contributed by atoms with Gasteiger partial charge in [-0.05, 0) is 36.7 Å². The maximum absolute atomic E-state index is 13.5. The van der Waals surface area contributed by atoms with Gasteiger partial charge in [0.2, 0.25) is 5.91 Å². The van der Waals surface area contributed by atoms with Gasteiger partial charge in [0.1, 0.15) is 17.3 Å². The first-order chi connectivity index (χ1) is 12.1. The predicted molar refractivity (Wildman–Crippen MR) is 95.8 cm³/mol. The van der Waals surface area contributed by atoms with Gasteiger partial charge < -0.3 is 20.1 Å². The zero-order valence-corrected chi connectivity index (χ0v) is 14.5. The van der Waals surface area contributed by atoms with Crippen LogP contribution in [0.5, 0.6) is 11.5 Å². The van der Waals surface area contributed by atoms with Crippen molar-refractivity contribution in [2.24, 2.45) is 0 Å². The quantitative estimate of drug-likeness (QED) is 0.685. The highest BCUT2D eigenvalue weighted by molar-refractivity contribution is 5.92. The summed E-state index contributed by atoms with van der Waals surface area (Å²) < 4.78 is 23.9. The SMILES string of the molecule is COc1ccc(NC(=O)CCNCCc2ccccc2F)c(OC)c1. The molecule has 134 valence electrons. The molecule has 6 heteroatoms. The number of ether oxygens (including phenoxy) is 2. The Hall–Kier alpha value is -2.60. The van der Waals surface area contributed by atoms with Gasteiger partial charge in [0, 0.05) is 19.0 Å². The smallest absolute Gasteiger partial charge is 0.225 e. The number of carbonyl (C=O) groups excluding carboxylic acids is 1. The number of anilines is 1. The Morgan fingerprint density at radius 2 is 1.88 bits per heavy atom. The molecule has 1 amide bonds. The number of halogens is 1. The largest absolute Gasteiger partial charge is 0.497 e. The van der Waals surface area contributed by atoms with E-state index < -0.39 is 0 Å². The maximum atomic E-state index is 13.5. The van der Waals surface area contributed by atoms with E-state index in [1.165, 1.54) is 13.2 Å². The highest BCUT2D eigenvalue weighted by atomic mass is 19.1. The summed E-state index contributed by atoms with van der Waals surface area (Å²) in [5, 5.41) is 5.96. The number of methoxy groups -OCH3 is 2. The number of amides is 1. The molecule has 0 atom stereocenters. The van der Waals surface area contributed by atoms with Crippen LogP contribution in [0.1, 0.15) is 12.0 Å². The van der Waals surface area contributed by atoms with Gasteiger partial charge in [-0.3, -0.25) is 4.79 Å². The van der Waals surface area contributed by atoms with Gasteiger partial charge in [-0.15, -0.1) is 0 Å². The molecule has 25 heavy (non-hydrogen) atoms. The molecule has 0 saturated carbocycles. The van der Waals surface area contributed by atoms with E-state index in [1.54, 1.807) is 37.4 Å². The van der Waals surface area contributed by atoms with E-state index in [4.69, 9.17) is 9.47 Å². The van der Waals surface area contributed by atoms with Crippen LogP contribution in [-0.2, 0) is 11.2 Å². The molecule has 0 bridgehead atoms. The highest BCUT2D eigenvalue weighted by Gasteiger charge is 2.09. The molecule has 0 radical (unpaired) electrons. The van der Waals surface area contributed by atoms with Crippen molar-refractivity contribution < 1.29 is 18.7 Å². The van der Waals surface area contributed by atoms with Crippen LogP contribution in [0, 0.1) is 5.82 Å². The zero-order chi connectivity index (χ0) is 18.1. The Morgan fingerprint density at radius 3 is 2.60 bits per heavy atom. The number of nitrogens with one attached hydrogen (secondary N) is 2. The number of hydrogen-bond acceptors (Lipinski definition) is 4. The lowest BCUT2D eigenvalue weighted by Gasteiger charge is -2.12. The second-order valence-corrected chi connectivity index (χ2v) is 5.46. The van der Waals surface area contributed by atoms with E-state index in [1.807, 2.05) is 6.07 Å². The minimum absolute atomic E-state index is 0.123. The van der Waals surface area contributed by atoms with Crippen molar-refractivity contribution in [1.82, 2.24) is 5.32 Å². The zero-order valence-electron chi connectivity index (χ0n) is 14.5. The van der Waals surface area contributed by atoms with Gasteiger partial charge in [-0.1, -0.05) is 18.2 Å². The molecule has 2 aromatic rings. The van der Waals surface area contributed by atoms with Crippen LogP contribution in [0.4, 0.5) is 10.1 Å². The lowest BCUT2D eigenvalue weighted by Crippen LogP contribution is -2.24. The third kappa shape index (κ3) is 5.76. The molecule has 0 fully saturated rings. The van der Waals surface area contributed by atoms with Crippen molar-refractivity contribution in [2.75, 3.05) is 32.6 Å². The monoisotopic (exact) mass is 346 g/mol. The molecule has 0 spiro atoms. The summed E-state index contributed by atoms with van der Waals surface area (Å²) in [4.78, 5) is 12.0. The van der Waals surface area contributed by atoms with Crippen LogP contribution in [0.15, 0.2) is 42.5 Å². The summed E-state index contributed by atoms with van der Waals surface area (Å²) in [6.07, 6.45) is 0.896. The first-order valence-electron chi connectivity index (χ1n) is 8.10. The molecule has 2 rings (SSSR count). The van der Waals surface area contributed by atoms with E-state index in [0.717, 1.165) is 0 Å². The van der Waals surface area contributed by atoms with Crippen LogP contribution in [0.2, 0.25) is 0 Å². The van der Waals surface area contributed by atoms with Crippen molar-refractivity contribution in [2.45, 2.75) is 12.8 Å². The van der Waals surface area contributed by atoms with E-state index in [0.29, 0.717) is 48.7 Å². The molecular weight excluding hydrogens is 323 g/mol. The predicted octanol–water partition coefficient (Wildman–Crippen LogP) is 3.00. The molecule has 2 N–H and O–H groups in total. The Labute approximate surface area is 147 Å². The Kier molecular flexibility index (Phi) is 7.22. The minimum atomic E-state index is -0.200. The van der Waals surface area contributed by atoms with Gasteiger partial charge in [-0.25, -0.2) is 4.39 Å². The Balaban J connectivity index is 1.73. The van der Waals surface area contributed by atoms with E-state index in [9.17, 15) is 9.18 Å². The molecule has 2 aromatic carbocycles. The summed E-state index contributed by atoms with van der Waals surface area (Å²) in [5.74, 6) is 0.875. The molecule has 0 unspecified atom stereocenters. The number of rotatable bonds is 9. The normalized spacial score (nSPS) is 10.4. The fraction of sp³-hybridized carbons (Fsp3) is 0.316. The first kappa shape index (κ1) is 18.7. The number of hydrogen-bond donors (Lipinski definition) is 2. The summed E-state index contributed by atoms with van der Waals surface area (Å²) in [5.41, 5.74) is 1.27. The van der Waals surface area contributed by atoms with Gasteiger partial charge in [-0.2, -0.15) is 0 Å². The fourth-order valence-corrected chi connectivity index (χ4v) is 2.37. The van der Waals surface area contributed by atoms with Crippen molar-refractivity contribution >= 4 is 11.6 Å². The lowest BCUT2D eigenvalue weighted by atomic mass is 10.1. The first-order valence-corrected chi connectivity index (χ1v) is 8.10. The van der Waals surface area contributed by atoms with E-state index in [2.05, 4.69) is 10.6 Å². The molecule has 0 aliphatic carbocycles. The van der Waals surface area contributed by atoms with Crippen LogP contribution in [0.25, 0.3) is 0 Å². The summed E-state index contributed by atoms with van der Waals surface area (Å²) >= 11 is 0. The van der Waals surface area contributed by atoms with Gasteiger partial charge >= 0.3 is 0 Å². The molecule has 0 saturated heterocycles. The Bertz CT molecular complexity index is 707. The van der Waals surface area contributed by atoms with Crippen LogP contribution < -0.4 is 20.1 Å². The summed E-state index contributed by atoms with van der Waals surface area (Å²) in [7, 11) is 3.11. The Morgan fingerprint density at radius 1 is 1.08 bits per heavy atom. The second-order valence-electron chi connectivity index (χ2n) is 5.46. The topological polar surface area (TPSA) is 59.6 Å². The minimum Gasteiger partial charge on any atom is -0.497 e. The molecule has 0 aromatic heterocycles.